The second kappa shape index (κ2) is 6.12. The first-order valence-corrected chi connectivity index (χ1v) is 15.1. The van der Waals surface area contributed by atoms with Crippen LogP contribution in [0.4, 0.5) is 0 Å². The van der Waals surface area contributed by atoms with E-state index >= 15 is 0 Å². The molecule has 0 amide bonds. The summed E-state index contributed by atoms with van der Waals surface area (Å²) in [6, 6.07) is 17.9. The molecule has 0 bridgehead atoms. The van der Waals surface area contributed by atoms with Gasteiger partial charge in [-0.1, -0.05) is 0 Å². The van der Waals surface area contributed by atoms with Gasteiger partial charge in [0.2, 0.25) is 0 Å². The molecule has 1 heterocycles. The van der Waals surface area contributed by atoms with E-state index in [-0.39, 0.29) is 0 Å². The van der Waals surface area contributed by atoms with Crippen LogP contribution in [0.3, 0.4) is 0 Å². The fourth-order valence-electron chi connectivity index (χ4n) is 3.03. The molecule has 0 aliphatic rings. The van der Waals surface area contributed by atoms with Gasteiger partial charge in [0, 0.05) is 0 Å². The van der Waals surface area contributed by atoms with Crippen molar-refractivity contribution >= 4 is 28.6 Å². The Morgan fingerprint density at radius 3 is 2.22 bits per heavy atom. The molecule has 0 fully saturated rings. The molecule has 0 atom stereocenters. The topological polar surface area (TPSA) is 12.9 Å². The zero-order valence-corrected chi connectivity index (χ0v) is 16.9. The van der Waals surface area contributed by atoms with Gasteiger partial charge in [-0.15, -0.1) is 0 Å². The maximum atomic E-state index is 4.90. The minimum atomic E-state index is -1.82. The van der Waals surface area contributed by atoms with Crippen LogP contribution in [0.15, 0.2) is 48.5 Å². The molecular weight excluding hydrogens is 339 g/mol. The molecule has 2 heteroatoms. The molecule has 0 aliphatic heterocycles. The van der Waals surface area contributed by atoms with Crippen molar-refractivity contribution < 1.29 is 0 Å². The molecule has 1 aromatic heterocycles. The Labute approximate surface area is 142 Å². The third kappa shape index (κ3) is 3.35. The normalized spacial score (nSPS) is 11.9. The molecule has 0 unspecified atom stereocenters. The number of hydrogen-bond acceptors (Lipinski definition) is 1. The van der Waals surface area contributed by atoms with E-state index in [1.165, 1.54) is 27.3 Å². The van der Waals surface area contributed by atoms with Crippen molar-refractivity contribution in [1.29, 1.82) is 0 Å². The Morgan fingerprint density at radius 2 is 1.57 bits per heavy atom. The molecule has 23 heavy (non-hydrogen) atoms. The van der Waals surface area contributed by atoms with Crippen LogP contribution in [0.2, 0.25) is 16.8 Å². The van der Waals surface area contributed by atoms with E-state index in [1.54, 1.807) is 4.40 Å². The van der Waals surface area contributed by atoms with Crippen molar-refractivity contribution in [1.82, 2.24) is 4.98 Å². The zero-order chi connectivity index (χ0) is 16.6. The SMILES string of the molecule is C[CH2][Ge]([CH3])([CH3])[c]1ccc2nc(-c3cc(C)cc(C)c3)ccc2c1. The summed E-state index contributed by atoms with van der Waals surface area (Å²) in [6.07, 6.45) is 0. The van der Waals surface area contributed by atoms with Gasteiger partial charge in [0.1, 0.15) is 0 Å². The average Bonchev–Trinajstić information content (AvgIpc) is 2.53. The second-order valence-corrected chi connectivity index (χ2v) is 17.8. The maximum absolute atomic E-state index is 4.90. The molecule has 3 aromatic rings. The van der Waals surface area contributed by atoms with Gasteiger partial charge < -0.3 is 0 Å². The summed E-state index contributed by atoms with van der Waals surface area (Å²) in [5, 5.41) is 2.59. The summed E-state index contributed by atoms with van der Waals surface area (Å²) < 4.78 is 1.57. The van der Waals surface area contributed by atoms with Crippen molar-refractivity contribution in [2.24, 2.45) is 0 Å². The summed E-state index contributed by atoms with van der Waals surface area (Å²) in [6.45, 7) is 6.61. The average molecular weight is 364 g/mol. The molecule has 0 saturated carbocycles. The van der Waals surface area contributed by atoms with Crippen LogP contribution in [-0.4, -0.2) is 18.3 Å². The van der Waals surface area contributed by atoms with E-state index in [0.29, 0.717) is 0 Å². The van der Waals surface area contributed by atoms with E-state index in [9.17, 15) is 0 Å². The summed E-state index contributed by atoms with van der Waals surface area (Å²) in [7, 11) is 0. The third-order valence-electron chi connectivity index (χ3n) is 4.87. The quantitative estimate of drug-likeness (QED) is 0.563. The van der Waals surface area contributed by atoms with Crippen LogP contribution in [0, 0.1) is 13.8 Å². The van der Waals surface area contributed by atoms with Gasteiger partial charge in [0.15, 0.2) is 0 Å². The van der Waals surface area contributed by atoms with Crippen molar-refractivity contribution in [2.45, 2.75) is 37.5 Å². The molecule has 3 rings (SSSR count). The molecule has 0 spiro atoms. The minimum absolute atomic E-state index is 1.06. The molecule has 0 aliphatic carbocycles. The predicted molar refractivity (Wildman–Crippen MR) is 104 cm³/mol. The van der Waals surface area contributed by atoms with E-state index in [4.69, 9.17) is 4.98 Å². The monoisotopic (exact) mass is 365 g/mol. The van der Waals surface area contributed by atoms with Crippen molar-refractivity contribution in [3.05, 3.63) is 59.7 Å². The molecular formula is C21H25GeN. The van der Waals surface area contributed by atoms with Crippen molar-refractivity contribution in [3.8, 4) is 11.3 Å². The number of aromatic nitrogens is 1. The van der Waals surface area contributed by atoms with Crippen LogP contribution in [0.5, 0.6) is 0 Å². The van der Waals surface area contributed by atoms with Gasteiger partial charge in [-0.05, 0) is 0 Å². The number of fused-ring (bicyclic) bond motifs is 1. The van der Waals surface area contributed by atoms with Crippen molar-refractivity contribution in [3.63, 3.8) is 0 Å². The van der Waals surface area contributed by atoms with Gasteiger partial charge in [-0.3, -0.25) is 0 Å². The van der Waals surface area contributed by atoms with E-state index in [2.05, 4.69) is 80.8 Å². The van der Waals surface area contributed by atoms with Crippen LogP contribution in [0.1, 0.15) is 18.1 Å². The first kappa shape index (κ1) is 16.3. The number of nitrogens with zero attached hydrogens (tertiary/aromatic N) is 1. The number of pyridine rings is 1. The second-order valence-electron chi connectivity index (χ2n) is 7.22. The number of rotatable bonds is 3. The van der Waals surface area contributed by atoms with Gasteiger partial charge in [0.25, 0.3) is 0 Å². The van der Waals surface area contributed by atoms with E-state index in [1.807, 2.05) is 0 Å². The number of benzene rings is 2. The fourth-order valence-corrected chi connectivity index (χ4v) is 6.16. The zero-order valence-electron chi connectivity index (χ0n) is 14.8. The molecule has 0 saturated heterocycles. The van der Waals surface area contributed by atoms with E-state index < -0.39 is 13.3 Å². The Kier molecular flexibility index (Phi) is 4.33. The Morgan fingerprint density at radius 1 is 0.870 bits per heavy atom. The Hall–Kier alpha value is -1.61. The van der Waals surface area contributed by atoms with Crippen LogP contribution < -0.4 is 4.40 Å². The number of aryl methyl sites for hydroxylation is 2. The molecule has 2 aromatic carbocycles. The van der Waals surface area contributed by atoms with Gasteiger partial charge in [0.05, 0.1) is 0 Å². The first-order chi connectivity index (χ1) is 10.9. The Bertz CT molecular complexity index is 845. The van der Waals surface area contributed by atoms with Crippen LogP contribution in [-0.2, 0) is 0 Å². The first-order valence-electron chi connectivity index (χ1n) is 8.39. The number of hydrogen-bond donors (Lipinski definition) is 0. The van der Waals surface area contributed by atoms with Crippen molar-refractivity contribution in [2.75, 3.05) is 0 Å². The molecule has 1 nitrogen and oxygen atoms in total. The summed E-state index contributed by atoms with van der Waals surface area (Å²) in [5.41, 5.74) is 5.94. The fraction of sp³-hybridized carbons (Fsp3) is 0.286. The van der Waals surface area contributed by atoms with Gasteiger partial charge in [-0.25, -0.2) is 0 Å². The molecule has 0 radical (unpaired) electrons. The van der Waals surface area contributed by atoms with Gasteiger partial charge >= 0.3 is 142 Å². The molecule has 118 valence electrons. The summed E-state index contributed by atoms with van der Waals surface area (Å²) in [5.74, 6) is 4.97. The summed E-state index contributed by atoms with van der Waals surface area (Å²) in [4.78, 5) is 4.90. The van der Waals surface area contributed by atoms with Gasteiger partial charge in [-0.2, -0.15) is 0 Å². The van der Waals surface area contributed by atoms with Crippen LogP contribution in [0.25, 0.3) is 22.2 Å². The predicted octanol–water partition coefficient (Wildman–Crippen LogP) is 5.45. The van der Waals surface area contributed by atoms with E-state index in [0.717, 1.165) is 11.2 Å². The standard InChI is InChI=1S/C21H25GeN/c1-6-22(4,5)19-8-10-20-17(14-19)7-9-21(23-20)18-12-15(2)11-16(3)13-18/h7-14H,6H2,1-5H3. The van der Waals surface area contributed by atoms with Crippen LogP contribution >= 0.6 is 0 Å². The molecule has 0 N–H and O–H groups in total. The Balaban J connectivity index is 2.08. The third-order valence-corrected chi connectivity index (χ3v) is 12.5. The summed E-state index contributed by atoms with van der Waals surface area (Å²) >= 11 is -1.82.